The summed E-state index contributed by atoms with van der Waals surface area (Å²) in [5, 5.41) is 4.53. The smallest absolute Gasteiger partial charge is 0.279 e. The SMILES string of the molecule is Cn1ncc2cc(-c3ccc(CCP(O)O)cc3)[nH]c(=O)c2c1=O. The molecule has 0 aliphatic carbocycles. The number of rotatable bonds is 4. The van der Waals surface area contributed by atoms with E-state index in [0.717, 1.165) is 15.8 Å². The maximum atomic E-state index is 12.2. The van der Waals surface area contributed by atoms with Crippen LogP contribution in [-0.4, -0.2) is 30.7 Å². The summed E-state index contributed by atoms with van der Waals surface area (Å²) in [6.45, 7) is 0. The monoisotopic (exact) mass is 345 g/mol. The summed E-state index contributed by atoms with van der Waals surface area (Å²) in [6.07, 6.45) is 2.40. The van der Waals surface area contributed by atoms with Crippen molar-refractivity contribution in [1.82, 2.24) is 14.8 Å². The van der Waals surface area contributed by atoms with Gasteiger partial charge >= 0.3 is 0 Å². The average Bonchev–Trinajstić information content (AvgIpc) is 2.56. The summed E-state index contributed by atoms with van der Waals surface area (Å²) in [4.78, 5) is 44.9. The second kappa shape index (κ2) is 6.65. The molecule has 3 N–H and O–H groups in total. The minimum atomic E-state index is -1.89. The normalized spacial score (nSPS) is 11.3. The maximum Gasteiger partial charge on any atom is 0.279 e. The lowest BCUT2D eigenvalue weighted by molar-refractivity contribution is 0.482. The summed E-state index contributed by atoms with van der Waals surface area (Å²) in [6, 6.07) is 9.16. The summed E-state index contributed by atoms with van der Waals surface area (Å²) in [7, 11) is -0.393. The minimum absolute atomic E-state index is 0.0899. The van der Waals surface area contributed by atoms with Crippen LogP contribution in [0, 0.1) is 0 Å². The van der Waals surface area contributed by atoms with E-state index in [1.54, 1.807) is 6.07 Å². The van der Waals surface area contributed by atoms with E-state index < -0.39 is 19.5 Å². The zero-order valence-electron chi connectivity index (χ0n) is 12.9. The molecule has 8 heteroatoms. The zero-order valence-corrected chi connectivity index (χ0v) is 13.8. The van der Waals surface area contributed by atoms with Crippen LogP contribution < -0.4 is 11.1 Å². The molecular weight excluding hydrogens is 329 g/mol. The fraction of sp³-hybridized carbons (Fsp3) is 0.188. The Bertz CT molecular complexity index is 993. The van der Waals surface area contributed by atoms with Crippen LogP contribution in [0.2, 0.25) is 0 Å². The van der Waals surface area contributed by atoms with Crippen LogP contribution in [0.15, 0.2) is 46.1 Å². The first-order valence-corrected chi connectivity index (χ1v) is 8.73. The van der Waals surface area contributed by atoms with Crippen LogP contribution in [0.25, 0.3) is 22.0 Å². The molecule has 0 unspecified atom stereocenters. The third kappa shape index (κ3) is 3.28. The first-order chi connectivity index (χ1) is 11.5. The predicted octanol–water partition coefficient (Wildman–Crippen LogP) is 1.13. The third-order valence-electron chi connectivity index (χ3n) is 3.81. The van der Waals surface area contributed by atoms with Crippen molar-refractivity contribution < 1.29 is 9.79 Å². The molecule has 0 saturated heterocycles. The van der Waals surface area contributed by atoms with Gasteiger partial charge in [0.15, 0.2) is 8.38 Å². The topological polar surface area (TPSA) is 108 Å². The van der Waals surface area contributed by atoms with E-state index >= 15 is 0 Å². The van der Waals surface area contributed by atoms with Crippen molar-refractivity contribution in [1.29, 1.82) is 0 Å². The van der Waals surface area contributed by atoms with E-state index in [-0.39, 0.29) is 5.39 Å². The van der Waals surface area contributed by atoms with Crippen molar-refractivity contribution in [2.24, 2.45) is 7.05 Å². The van der Waals surface area contributed by atoms with Gasteiger partial charge in [-0.1, -0.05) is 24.3 Å². The van der Waals surface area contributed by atoms with Crippen molar-refractivity contribution in [2.75, 3.05) is 6.16 Å². The molecule has 0 saturated carbocycles. The number of aryl methyl sites for hydroxylation is 2. The van der Waals surface area contributed by atoms with Crippen molar-refractivity contribution in [3.63, 3.8) is 0 Å². The molecule has 124 valence electrons. The molecule has 3 rings (SSSR count). The Labute approximate surface area is 138 Å². The van der Waals surface area contributed by atoms with E-state index in [1.165, 1.54) is 13.2 Å². The number of pyridine rings is 1. The van der Waals surface area contributed by atoms with Gasteiger partial charge in [-0.3, -0.25) is 9.59 Å². The second-order valence-electron chi connectivity index (χ2n) is 5.46. The summed E-state index contributed by atoms with van der Waals surface area (Å²) < 4.78 is 1.13. The number of aromatic amines is 1. The maximum absolute atomic E-state index is 12.2. The van der Waals surface area contributed by atoms with E-state index in [1.807, 2.05) is 24.3 Å². The Morgan fingerprint density at radius 1 is 1.21 bits per heavy atom. The molecule has 2 aromatic heterocycles. The molecule has 0 radical (unpaired) electrons. The molecule has 0 bridgehead atoms. The van der Waals surface area contributed by atoms with Crippen LogP contribution in [0.1, 0.15) is 5.56 Å². The highest BCUT2D eigenvalue weighted by molar-refractivity contribution is 7.45. The Morgan fingerprint density at radius 3 is 2.58 bits per heavy atom. The highest BCUT2D eigenvalue weighted by atomic mass is 31.2. The lowest BCUT2D eigenvalue weighted by atomic mass is 10.1. The molecule has 24 heavy (non-hydrogen) atoms. The number of benzene rings is 1. The van der Waals surface area contributed by atoms with E-state index in [2.05, 4.69) is 10.1 Å². The third-order valence-corrected chi connectivity index (χ3v) is 4.43. The van der Waals surface area contributed by atoms with Gasteiger partial charge in [-0.05, 0) is 23.6 Å². The van der Waals surface area contributed by atoms with Gasteiger partial charge < -0.3 is 14.8 Å². The van der Waals surface area contributed by atoms with E-state index in [4.69, 9.17) is 9.79 Å². The molecule has 1 aromatic carbocycles. The minimum Gasteiger partial charge on any atom is -0.350 e. The number of H-pyrrole nitrogens is 1. The van der Waals surface area contributed by atoms with Crippen LogP contribution in [0.3, 0.4) is 0 Å². The van der Waals surface area contributed by atoms with Gasteiger partial charge in [0.1, 0.15) is 5.39 Å². The number of hydrogen-bond donors (Lipinski definition) is 3. The molecule has 0 atom stereocenters. The first-order valence-electron chi connectivity index (χ1n) is 7.29. The lowest BCUT2D eigenvalue weighted by Gasteiger charge is -2.07. The van der Waals surface area contributed by atoms with Crippen LogP contribution >= 0.6 is 8.38 Å². The number of aromatic nitrogens is 3. The highest BCUT2D eigenvalue weighted by Gasteiger charge is 2.09. The Hall–Kier alpha value is -2.34. The molecular formula is C16H16N3O4P. The van der Waals surface area contributed by atoms with Crippen molar-refractivity contribution in [3.05, 3.63) is 62.8 Å². The fourth-order valence-electron chi connectivity index (χ4n) is 2.50. The van der Waals surface area contributed by atoms with Crippen LogP contribution in [0.4, 0.5) is 0 Å². The van der Waals surface area contributed by atoms with Crippen molar-refractivity contribution >= 4 is 19.1 Å². The van der Waals surface area contributed by atoms with Gasteiger partial charge in [0, 0.05) is 24.3 Å². The summed E-state index contributed by atoms with van der Waals surface area (Å²) >= 11 is 0. The number of hydrogen-bond acceptors (Lipinski definition) is 5. The fourth-order valence-corrected chi connectivity index (χ4v) is 2.96. The number of nitrogens with zero attached hydrogens (tertiary/aromatic N) is 2. The molecule has 0 spiro atoms. The molecule has 0 aliphatic heterocycles. The van der Waals surface area contributed by atoms with Gasteiger partial charge in [0.05, 0.1) is 6.20 Å². The number of nitrogens with one attached hydrogen (secondary N) is 1. The van der Waals surface area contributed by atoms with Gasteiger partial charge in [-0.15, -0.1) is 0 Å². The molecule has 0 aliphatic rings. The number of fused-ring (bicyclic) bond motifs is 1. The largest absolute Gasteiger partial charge is 0.350 e. The second-order valence-corrected chi connectivity index (χ2v) is 6.65. The first kappa shape index (κ1) is 16.5. The van der Waals surface area contributed by atoms with E-state index in [9.17, 15) is 9.59 Å². The standard InChI is InChI=1S/C16H16N3O4P/c1-19-16(21)14-12(9-17-19)8-13(18-15(14)20)11-4-2-10(3-5-11)6-7-24(22)23/h2-5,8-9,22-23H,6-7H2,1H3,(H,18,20). The van der Waals surface area contributed by atoms with Gasteiger partial charge in [0.2, 0.25) is 0 Å². The van der Waals surface area contributed by atoms with Crippen LogP contribution in [0.5, 0.6) is 0 Å². The predicted molar refractivity (Wildman–Crippen MR) is 93.0 cm³/mol. The Balaban J connectivity index is 1.99. The average molecular weight is 345 g/mol. The molecule has 7 nitrogen and oxygen atoms in total. The van der Waals surface area contributed by atoms with Gasteiger partial charge in [0.25, 0.3) is 11.1 Å². The quantitative estimate of drug-likeness (QED) is 0.614. The van der Waals surface area contributed by atoms with E-state index in [0.29, 0.717) is 23.7 Å². The Kier molecular flexibility index (Phi) is 4.57. The summed E-state index contributed by atoms with van der Waals surface area (Å²) in [5.41, 5.74) is 1.50. The van der Waals surface area contributed by atoms with Crippen molar-refractivity contribution in [3.8, 4) is 11.3 Å². The summed E-state index contributed by atoms with van der Waals surface area (Å²) in [5.74, 6) is 0. The van der Waals surface area contributed by atoms with Gasteiger partial charge in [-0.2, -0.15) is 5.10 Å². The van der Waals surface area contributed by atoms with Crippen molar-refractivity contribution in [2.45, 2.75) is 6.42 Å². The molecule has 3 aromatic rings. The highest BCUT2D eigenvalue weighted by Crippen LogP contribution is 2.25. The molecule has 0 fully saturated rings. The Morgan fingerprint density at radius 2 is 1.92 bits per heavy atom. The zero-order chi connectivity index (χ0) is 17.3. The molecule has 0 amide bonds. The lowest BCUT2D eigenvalue weighted by Crippen LogP contribution is -2.25. The molecule has 2 heterocycles. The van der Waals surface area contributed by atoms with Crippen LogP contribution in [-0.2, 0) is 13.5 Å². The van der Waals surface area contributed by atoms with Gasteiger partial charge in [-0.25, -0.2) is 4.68 Å².